The molecule has 5 aliphatic rings. The second-order valence-electron chi connectivity index (χ2n) is 37.6. The third-order valence-corrected chi connectivity index (χ3v) is 26.8. The number of amides is 7. The van der Waals surface area contributed by atoms with Crippen molar-refractivity contribution in [3.63, 3.8) is 0 Å². The molecule has 0 saturated carbocycles. The first-order chi connectivity index (χ1) is 68.8. The topological polar surface area (TPSA) is 544 Å². The van der Waals surface area contributed by atoms with Crippen LogP contribution in [0, 0.1) is 6.57 Å². The number of aromatic nitrogens is 10. The molecule has 5 aromatic heterocycles. The van der Waals surface area contributed by atoms with E-state index in [-0.39, 0.29) is 87.9 Å². The van der Waals surface area contributed by atoms with Crippen LogP contribution in [-0.4, -0.2) is 328 Å². The van der Waals surface area contributed by atoms with Crippen molar-refractivity contribution in [2.45, 2.75) is 162 Å². The van der Waals surface area contributed by atoms with Gasteiger partial charge < -0.3 is 85.6 Å². The van der Waals surface area contributed by atoms with Crippen LogP contribution in [0.4, 0.5) is 57.3 Å². The molecule has 5 aromatic carbocycles. The van der Waals surface area contributed by atoms with Gasteiger partial charge in [-0.2, -0.15) is 0 Å². The number of nitrogens with one attached hydrogen (secondary N) is 1. The first kappa shape index (κ1) is 125. The zero-order valence-corrected chi connectivity index (χ0v) is 95.3. The number of benzene rings is 5. The van der Waals surface area contributed by atoms with Gasteiger partial charge in [0.2, 0.25) is 17.5 Å². The van der Waals surface area contributed by atoms with E-state index in [0.717, 1.165) is 40.5 Å². The number of nitrogens with two attached hydrogens (primary N) is 2. The number of nitrogens with zero attached hydrogens (tertiary/aromatic N) is 20. The molecule has 802 valence electrons. The number of anilines is 4. The minimum atomic E-state index is -1.10. The molecular formula is C94H113Br4Cl6FLiN23O20. The average molecular weight is 2440 g/mol. The van der Waals surface area contributed by atoms with E-state index in [9.17, 15) is 57.4 Å². The standard InChI is InChI=1S/C19H22BrClN4O4.C19H21ClN6O3.C18H21BrClN5O3.C18H20BrClN4O4.C11H20N2O4.C8H3BrCl2N2.CH3F.Li.2H2O/c1-19(2,3)29-18(27)25-6-5-24(9-15(25)17(26)28-4)16-11-7-12(20)13(21)8-14(11)22-10-23-16;1-19(2,3)29-18(28)26-6-5-25(9-15(26)16(21)27)17-11-7-14(22-4)12(20)8-13(11)23-10-24-17;1-18(2,3)28-17(27)25-5-4-24(8-14(25)15(21)26)16-10-6-11(19)12(20)7-13(10)22-9-23-16;1-18(2,3)28-17(27)24-5-4-23(8-14(24)16(25)26)15-10-6-11(19)12(20)7-13(10)21-9-22-15;1-11(2,3)17-10(15)13-6-5-12-7-8(13)9(14)16-4;9-5-1-4-7(2-6(5)10)12-3-13-8(4)11;1-2;;;/h7-8,10,15H,5-6,9H2,1-4H3;7-8,10,15H,5-6,9H2,1-3H3,(H2,21,27);6-7,9,14H,4-5,8H2,1-3H3,(H2,21,26);6-7,9,14H,4-5,8H2,1-3H3,(H,25,26);8,12H,5-7H2,1-4H3;1-3H;1H3;;2*1H2/q;;;;;;;+1;;/p-1/i;;;;;;1D;;;. The van der Waals surface area contributed by atoms with Crippen molar-refractivity contribution in [1.29, 1.82) is 0 Å². The van der Waals surface area contributed by atoms with Crippen LogP contribution in [0.2, 0.25) is 30.3 Å². The van der Waals surface area contributed by atoms with E-state index in [1.165, 1.54) is 70.4 Å². The molecule has 5 atom stereocenters. The molecule has 0 aliphatic carbocycles. The maximum atomic E-state index is 12.6. The number of carbonyl (C=O) groups excluding carboxylic acids is 9. The molecule has 149 heavy (non-hydrogen) atoms. The predicted molar refractivity (Wildman–Crippen MR) is 573 cm³/mol. The van der Waals surface area contributed by atoms with Crippen molar-refractivity contribution >= 4 is 277 Å². The minimum Gasteiger partial charge on any atom is -0.870 e. The third-order valence-electron chi connectivity index (χ3n) is 21.4. The molecule has 5 unspecified atom stereocenters. The number of hydrogen-bond donors (Lipinski definition) is 4. The van der Waals surface area contributed by atoms with Crippen LogP contribution < -0.4 is 55.2 Å². The Morgan fingerprint density at radius 2 is 0.651 bits per heavy atom. The number of carboxylic acid groups (broad SMARTS) is 1. The first-order valence-electron chi connectivity index (χ1n) is 45.4. The number of carboxylic acids is 1. The quantitative estimate of drug-likeness (QED) is 0.0343. The van der Waals surface area contributed by atoms with Crippen LogP contribution in [0.1, 0.15) is 105 Å². The number of primary amides is 2. The van der Waals surface area contributed by atoms with Crippen molar-refractivity contribution in [3.05, 3.63) is 152 Å². The number of rotatable bonds is 9. The number of aliphatic carboxylic acids is 1. The number of fused-ring (bicyclic) bond motifs is 5. The van der Waals surface area contributed by atoms with Crippen LogP contribution in [-0.2, 0) is 57.1 Å². The van der Waals surface area contributed by atoms with Gasteiger partial charge in [-0.25, -0.2) is 93.0 Å². The van der Waals surface area contributed by atoms with Gasteiger partial charge in [0.05, 0.1) is 90.1 Å². The zero-order valence-electron chi connectivity index (χ0n) is 85.5. The van der Waals surface area contributed by atoms with Gasteiger partial charge >= 0.3 is 67.2 Å². The van der Waals surface area contributed by atoms with E-state index in [1.807, 2.05) is 37.8 Å². The molecule has 5 fully saturated rings. The van der Waals surface area contributed by atoms with Gasteiger partial charge in [-0.1, -0.05) is 69.6 Å². The van der Waals surface area contributed by atoms with Gasteiger partial charge in [0.1, 0.15) is 112 Å². The Balaban J connectivity index is 0.000000276. The van der Waals surface area contributed by atoms with Crippen molar-refractivity contribution < 1.29 is 122 Å². The summed E-state index contributed by atoms with van der Waals surface area (Å²) in [6.07, 6.45) is 4.31. The summed E-state index contributed by atoms with van der Waals surface area (Å²) in [5.41, 5.74) is 11.5. The Morgan fingerprint density at radius 3 is 0.940 bits per heavy atom. The largest absolute Gasteiger partial charge is 1.00 e. The fourth-order valence-corrected chi connectivity index (χ4v) is 17.4. The average Bonchev–Trinajstić information content (AvgIpc) is 0.779. The normalized spacial score (nSPS) is 16.8. The smallest absolute Gasteiger partial charge is 0.870 e. The monoisotopic (exact) mass is 2440 g/mol. The van der Waals surface area contributed by atoms with Crippen LogP contribution >= 0.6 is 133 Å². The molecule has 15 rings (SSSR count). The van der Waals surface area contributed by atoms with Crippen LogP contribution in [0.3, 0.4) is 0 Å². The summed E-state index contributed by atoms with van der Waals surface area (Å²) >= 11 is 49.9. The second-order valence-corrected chi connectivity index (χ2v) is 43.5. The molecular weight excluding hydrogens is 2330 g/mol. The molecule has 5 saturated heterocycles. The van der Waals surface area contributed by atoms with Crippen molar-refractivity contribution in [1.82, 2.24) is 79.7 Å². The van der Waals surface area contributed by atoms with Gasteiger partial charge in [0.25, 0.3) is 0 Å². The van der Waals surface area contributed by atoms with Gasteiger partial charge in [0.15, 0.2) is 6.04 Å². The molecule has 9 N–H and O–H groups in total. The van der Waals surface area contributed by atoms with Gasteiger partial charge in [-0.05, 0) is 228 Å². The maximum absolute atomic E-state index is 12.6. The Morgan fingerprint density at radius 1 is 0.403 bits per heavy atom. The predicted octanol–water partition coefficient (Wildman–Crippen LogP) is 13.6. The molecule has 5 aliphatic heterocycles. The Hall–Kier alpha value is -10.7. The molecule has 10 heterocycles. The number of piperazine rings is 5. The number of esters is 2. The summed E-state index contributed by atoms with van der Waals surface area (Å²) < 4.78 is 54.9. The van der Waals surface area contributed by atoms with Crippen molar-refractivity contribution in [3.8, 4) is 0 Å². The van der Waals surface area contributed by atoms with E-state index in [0.29, 0.717) is 131 Å². The summed E-state index contributed by atoms with van der Waals surface area (Å²) in [7, 11) is 1.61. The van der Waals surface area contributed by atoms with E-state index in [4.69, 9.17) is 117 Å². The maximum Gasteiger partial charge on any atom is 1.00 e. The van der Waals surface area contributed by atoms with Crippen LogP contribution in [0.5, 0.6) is 0 Å². The molecule has 10 aromatic rings. The van der Waals surface area contributed by atoms with Crippen LogP contribution in [0.25, 0.3) is 59.4 Å². The number of carbonyl (C=O) groups is 10. The zero-order chi connectivity index (χ0) is 109. The first-order valence-corrected chi connectivity index (χ1v) is 50.1. The summed E-state index contributed by atoms with van der Waals surface area (Å²) in [6, 6.07) is 13.3. The number of alkyl halides is 1. The summed E-state index contributed by atoms with van der Waals surface area (Å²) in [5, 5.41) is 19.4. The number of ether oxygens (including phenoxy) is 7. The third kappa shape index (κ3) is 34.6. The fourth-order valence-electron chi connectivity index (χ4n) is 15.0. The number of hydrogen-bond acceptors (Lipinski definition) is 33. The van der Waals surface area contributed by atoms with E-state index < -0.39 is 126 Å². The van der Waals surface area contributed by atoms with Crippen LogP contribution in [0.15, 0.2) is 110 Å². The fraction of sp³-hybridized carbons (Fsp3) is 0.457. The Kier molecular flexibility index (Phi) is 46.2. The molecule has 0 bridgehead atoms. The summed E-state index contributed by atoms with van der Waals surface area (Å²) in [5.74, 6) is -0.821. The van der Waals surface area contributed by atoms with E-state index in [1.54, 1.807) is 146 Å². The number of halogens is 11. The minimum absolute atomic E-state index is 0. The molecule has 55 heteroatoms. The summed E-state index contributed by atoms with van der Waals surface area (Å²) in [4.78, 5) is 182. The Bertz CT molecular complexity index is 6440. The molecule has 0 spiro atoms. The molecule has 43 nitrogen and oxygen atoms in total. The van der Waals surface area contributed by atoms with Crippen molar-refractivity contribution in [2.24, 2.45) is 11.5 Å². The second kappa shape index (κ2) is 55.0. The SMILES string of the molecule is CC(C)(C)OC(=O)N1CCN(c2ncnc3cc(Cl)c(Br)cc23)CC1C(=O)O.CC(C)(C)OC(=O)N1CCN(c2ncnc3cc(Cl)c(Br)cc23)CC1C(N)=O.COC(=O)C1CN(c2ncnc3cc(Cl)c(Br)cc23)CCN1C(=O)OC(C)(C)C.COC(=O)C1CNCCN1C(=O)OC(C)(C)C.Clc1cc2ncnc(Cl)c2cc1Br.O.[2H]CF.[C-]#[N+]c1cc2c(N3CCN(C(=O)OC(C)(C)C)C(C(N)=O)C3)ncnc2cc1Cl.[Li+].[OH-]. The molecule has 0 radical (unpaired) electrons. The summed E-state index contributed by atoms with van der Waals surface area (Å²) in [6.45, 7) is 38.7. The van der Waals surface area contributed by atoms with E-state index >= 15 is 0 Å². The Labute approximate surface area is 935 Å². The van der Waals surface area contributed by atoms with Crippen molar-refractivity contribution in [2.75, 3.05) is 139 Å². The van der Waals surface area contributed by atoms with Gasteiger partial charge in [-0.15, -0.1) is 0 Å². The van der Waals surface area contributed by atoms with Gasteiger partial charge in [-0.3, -0.25) is 38.5 Å². The van der Waals surface area contributed by atoms with Gasteiger partial charge in [0, 0.05) is 135 Å². The molecule has 7 amide bonds. The number of methoxy groups -OCH3 is 2. The van der Waals surface area contributed by atoms with E-state index in [2.05, 4.69) is 128 Å².